The van der Waals surface area contributed by atoms with Gasteiger partial charge in [0.15, 0.2) is 5.69 Å². The van der Waals surface area contributed by atoms with Crippen LogP contribution in [0.2, 0.25) is 0 Å². The molecular formula is C15H18ClN3O. The van der Waals surface area contributed by atoms with Crippen LogP contribution in [0.3, 0.4) is 0 Å². The monoisotopic (exact) mass is 291 g/mol. The predicted molar refractivity (Wildman–Crippen MR) is 80.0 cm³/mol. The highest BCUT2D eigenvalue weighted by molar-refractivity contribution is 6.21. The van der Waals surface area contributed by atoms with Crippen molar-refractivity contribution in [2.75, 3.05) is 6.54 Å². The number of carbonyl (C=O) groups is 1. The van der Waals surface area contributed by atoms with Crippen LogP contribution in [0.25, 0.3) is 10.9 Å². The average molecular weight is 292 g/mol. The summed E-state index contributed by atoms with van der Waals surface area (Å²) in [5.74, 6) is 0.271. The van der Waals surface area contributed by atoms with Crippen molar-refractivity contribution in [3.8, 4) is 0 Å². The standard InChI is InChI=1S/C15H18ClN3O/c1-19-13-8-3-2-6-11(13)14(18-19)15(20)17-9-10-5-4-7-12(10)16/h2-3,6,8,10,12H,4-5,7,9H2,1H3,(H,17,20). The van der Waals surface area contributed by atoms with Gasteiger partial charge in [-0.2, -0.15) is 5.10 Å². The van der Waals surface area contributed by atoms with Gasteiger partial charge in [-0.15, -0.1) is 11.6 Å². The lowest BCUT2D eigenvalue weighted by Gasteiger charge is -2.13. The first-order chi connectivity index (χ1) is 9.66. The van der Waals surface area contributed by atoms with E-state index in [-0.39, 0.29) is 11.3 Å². The molecule has 20 heavy (non-hydrogen) atoms. The van der Waals surface area contributed by atoms with E-state index < -0.39 is 0 Å². The molecule has 1 saturated carbocycles. The van der Waals surface area contributed by atoms with E-state index in [1.165, 1.54) is 0 Å². The fourth-order valence-corrected chi connectivity index (χ4v) is 3.28. The van der Waals surface area contributed by atoms with E-state index in [0.717, 1.165) is 30.2 Å². The molecule has 4 nitrogen and oxygen atoms in total. The minimum Gasteiger partial charge on any atom is -0.350 e. The minimum atomic E-state index is -0.113. The molecule has 1 fully saturated rings. The molecule has 2 atom stereocenters. The summed E-state index contributed by atoms with van der Waals surface area (Å²) in [6.07, 6.45) is 3.30. The number of hydrogen-bond donors (Lipinski definition) is 1. The summed E-state index contributed by atoms with van der Waals surface area (Å²) in [5.41, 5.74) is 1.46. The molecule has 106 valence electrons. The van der Waals surface area contributed by atoms with E-state index >= 15 is 0 Å². The van der Waals surface area contributed by atoms with Crippen LogP contribution in [0.5, 0.6) is 0 Å². The number of nitrogens with one attached hydrogen (secondary N) is 1. The second-order valence-electron chi connectivity index (χ2n) is 5.41. The number of alkyl halides is 1. The van der Waals surface area contributed by atoms with Gasteiger partial charge >= 0.3 is 0 Å². The Morgan fingerprint density at radius 2 is 2.25 bits per heavy atom. The largest absolute Gasteiger partial charge is 0.350 e. The molecule has 0 radical (unpaired) electrons. The summed E-state index contributed by atoms with van der Waals surface area (Å²) in [6, 6.07) is 7.76. The number of aryl methyl sites for hydroxylation is 1. The fraction of sp³-hybridized carbons (Fsp3) is 0.467. The van der Waals surface area contributed by atoms with Gasteiger partial charge in [0.25, 0.3) is 5.91 Å². The molecular weight excluding hydrogens is 274 g/mol. The molecule has 5 heteroatoms. The van der Waals surface area contributed by atoms with E-state index in [1.807, 2.05) is 31.3 Å². The Labute approximate surface area is 123 Å². The third kappa shape index (κ3) is 2.40. The number of hydrogen-bond acceptors (Lipinski definition) is 2. The molecule has 0 aliphatic heterocycles. The van der Waals surface area contributed by atoms with Crippen molar-refractivity contribution in [1.29, 1.82) is 0 Å². The Kier molecular flexibility index (Phi) is 3.66. The molecule has 0 bridgehead atoms. The zero-order chi connectivity index (χ0) is 14.1. The van der Waals surface area contributed by atoms with Gasteiger partial charge in [0.2, 0.25) is 0 Å². The summed E-state index contributed by atoms with van der Waals surface area (Å²) in [5, 5.41) is 8.38. The minimum absolute atomic E-state index is 0.113. The van der Waals surface area contributed by atoms with Gasteiger partial charge in [-0.25, -0.2) is 0 Å². The molecule has 0 spiro atoms. The van der Waals surface area contributed by atoms with Crippen molar-refractivity contribution >= 4 is 28.4 Å². The highest BCUT2D eigenvalue weighted by Gasteiger charge is 2.26. The van der Waals surface area contributed by atoms with Gasteiger partial charge in [-0.1, -0.05) is 24.6 Å². The first-order valence-electron chi connectivity index (χ1n) is 7.01. The molecule has 1 aromatic carbocycles. The highest BCUT2D eigenvalue weighted by Crippen LogP contribution is 2.29. The maximum absolute atomic E-state index is 12.3. The van der Waals surface area contributed by atoms with Crippen LogP contribution in [0, 0.1) is 5.92 Å². The number of benzene rings is 1. The van der Waals surface area contributed by atoms with Crippen LogP contribution < -0.4 is 5.32 Å². The molecule has 3 rings (SSSR count). The van der Waals surface area contributed by atoms with Crippen LogP contribution >= 0.6 is 11.6 Å². The molecule has 1 aromatic heterocycles. The van der Waals surface area contributed by atoms with Gasteiger partial charge in [0.05, 0.1) is 5.52 Å². The average Bonchev–Trinajstić information content (AvgIpc) is 3.01. The third-order valence-electron chi connectivity index (χ3n) is 4.06. The topological polar surface area (TPSA) is 46.9 Å². The fourth-order valence-electron chi connectivity index (χ4n) is 2.91. The van der Waals surface area contributed by atoms with Crippen LogP contribution in [0.15, 0.2) is 24.3 Å². The van der Waals surface area contributed by atoms with Crippen LogP contribution in [-0.2, 0) is 7.05 Å². The van der Waals surface area contributed by atoms with Crippen LogP contribution in [0.1, 0.15) is 29.8 Å². The van der Waals surface area contributed by atoms with Gasteiger partial charge in [0, 0.05) is 24.4 Å². The first-order valence-corrected chi connectivity index (χ1v) is 7.44. The third-order valence-corrected chi connectivity index (χ3v) is 4.64. The van der Waals surface area contributed by atoms with Crippen molar-refractivity contribution in [3.05, 3.63) is 30.0 Å². The molecule has 1 N–H and O–H groups in total. The molecule has 1 heterocycles. The quantitative estimate of drug-likeness (QED) is 0.884. The van der Waals surface area contributed by atoms with E-state index in [4.69, 9.17) is 11.6 Å². The molecule has 2 aromatic rings. The number of rotatable bonds is 3. The van der Waals surface area contributed by atoms with Crippen LogP contribution in [-0.4, -0.2) is 27.6 Å². The first kappa shape index (κ1) is 13.4. The lowest BCUT2D eigenvalue weighted by atomic mass is 10.1. The number of para-hydroxylation sites is 1. The lowest BCUT2D eigenvalue weighted by molar-refractivity contribution is 0.0943. The Morgan fingerprint density at radius 3 is 3.00 bits per heavy atom. The Hall–Kier alpha value is -1.55. The smallest absolute Gasteiger partial charge is 0.272 e. The normalized spacial score (nSPS) is 22.3. The van der Waals surface area contributed by atoms with E-state index in [9.17, 15) is 4.79 Å². The van der Waals surface area contributed by atoms with E-state index in [2.05, 4.69) is 10.4 Å². The molecule has 1 aliphatic carbocycles. The maximum atomic E-state index is 12.3. The molecule has 1 amide bonds. The van der Waals surface area contributed by atoms with E-state index in [0.29, 0.717) is 18.2 Å². The van der Waals surface area contributed by atoms with Gasteiger partial charge in [-0.05, 0) is 24.8 Å². The highest BCUT2D eigenvalue weighted by atomic mass is 35.5. The van der Waals surface area contributed by atoms with Crippen molar-refractivity contribution < 1.29 is 4.79 Å². The second-order valence-corrected chi connectivity index (χ2v) is 5.97. The Bertz CT molecular complexity index is 637. The van der Waals surface area contributed by atoms with Crippen molar-refractivity contribution in [2.24, 2.45) is 13.0 Å². The number of amides is 1. The van der Waals surface area contributed by atoms with Gasteiger partial charge in [0.1, 0.15) is 0 Å². The van der Waals surface area contributed by atoms with Crippen molar-refractivity contribution in [1.82, 2.24) is 15.1 Å². The summed E-state index contributed by atoms with van der Waals surface area (Å²) in [7, 11) is 1.85. The predicted octanol–water partition coefficient (Wildman–Crippen LogP) is 2.71. The summed E-state index contributed by atoms with van der Waals surface area (Å²) in [6.45, 7) is 0.637. The van der Waals surface area contributed by atoms with Crippen LogP contribution in [0.4, 0.5) is 0 Å². The summed E-state index contributed by atoms with van der Waals surface area (Å²) in [4.78, 5) is 12.3. The van der Waals surface area contributed by atoms with Crippen molar-refractivity contribution in [3.63, 3.8) is 0 Å². The molecule has 2 unspecified atom stereocenters. The zero-order valence-electron chi connectivity index (χ0n) is 11.5. The van der Waals surface area contributed by atoms with Gasteiger partial charge in [-0.3, -0.25) is 9.48 Å². The second kappa shape index (κ2) is 5.44. The number of fused-ring (bicyclic) bond motifs is 1. The Balaban J connectivity index is 1.76. The zero-order valence-corrected chi connectivity index (χ0v) is 12.2. The van der Waals surface area contributed by atoms with Gasteiger partial charge < -0.3 is 5.32 Å². The SMILES string of the molecule is Cn1nc(C(=O)NCC2CCCC2Cl)c2ccccc21. The summed E-state index contributed by atoms with van der Waals surface area (Å²) < 4.78 is 1.74. The molecule has 0 saturated heterocycles. The Morgan fingerprint density at radius 1 is 1.45 bits per heavy atom. The number of halogens is 1. The number of aromatic nitrogens is 2. The lowest BCUT2D eigenvalue weighted by Crippen LogP contribution is -2.31. The number of nitrogens with zero attached hydrogens (tertiary/aromatic N) is 2. The molecule has 1 aliphatic rings. The summed E-state index contributed by atoms with van der Waals surface area (Å²) >= 11 is 6.24. The number of carbonyl (C=O) groups excluding carboxylic acids is 1. The van der Waals surface area contributed by atoms with E-state index in [1.54, 1.807) is 4.68 Å². The van der Waals surface area contributed by atoms with Crippen molar-refractivity contribution in [2.45, 2.75) is 24.6 Å². The maximum Gasteiger partial charge on any atom is 0.272 e.